The minimum Gasteiger partial charge on any atom is -0.384 e. The summed E-state index contributed by atoms with van der Waals surface area (Å²) in [6.07, 6.45) is 1.04. The van der Waals surface area contributed by atoms with Crippen LogP contribution in [-0.2, 0) is 0 Å². The molecule has 2 nitrogen and oxygen atoms in total. The van der Waals surface area contributed by atoms with Gasteiger partial charge in [-0.05, 0) is 30.0 Å². The van der Waals surface area contributed by atoms with Crippen LogP contribution in [0.15, 0.2) is 18.2 Å². The van der Waals surface area contributed by atoms with Crippen LogP contribution in [0.4, 0.5) is 10.1 Å². The second-order valence-corrected chi connectivity index (χ2v) is 4.71. The average molecular weight is 220 g/mol. The molecule has 0 heterocycles. The first-order valence-corrected chi connectivity index (χ1v) is 5.41. The van der Waals surface area contributed by atoms with Crippen LogP contribution in [-0.4, -0.2) is 6.54 Å². The molecule has 0 spiro atoms. The first kappa shape index (κ1) is 12.5. The zero-order valence-corrected chi connectivity index (χ0v) is 9.97. The zero-order valence-electron chi connectivity index (χ0n) is 9.97. The lowest BCUT2D eigenvalue weighted by Crippen LogP contribution is -2.22. The summed E-state index contributed by atoms with van der Waals surface area (Å²) in [6, 6.07) is 6.24. The van der Waals surface area contributed by atoms with Gasteiger partial charge < -0.3 is 5.32 Å². The summed E-state index contributed by atoms with van der Waals surface area (Å²) in [5, 5.41) is 11.9. The van der Waals surface area contributed by atoms with Gasteiger partial charge in [0, 0.05) is 12.2 Å². The maximum Gasteiger partial charge on any atom is 0.126 e. The van der Waals surface area contributed by atoms with Gasteiger partial charge in [-0.15, -0.1) is 0 Å². The normalized spacial score (nSPS) is 10.9. The van der Waals surface area contributed by atoms with Crippen molar-refractivity contribution in [3.63, 3.8) is 0 Å². The average Bonchev–Trinajstić information content (AvgIpc) is 2.26. The Morgan fingerprint density at radius 3 is 2.62 bits per heavy atom. The van der Waals surface area contributed by atoms with Gasteiger partial charge in [0.15, 0.2) is 0 Å². The molecule has 1 rings (SSSR count). The van der Waals surface area contributed by atoms with E-state index in [9.17, 15) is 4.39 Å². The summed E-state index contributed by atoms with van der Waals surface area (Å²) in [5.41, 5.74) is 1.17. The highest BCUT2D eigenvalue weighted by Crippen LogP contribution is 2.21. The lowest BCUT2D eigenvalue weighted by atomic mass is 9.90. The van der Waals surface area contributed by atoms with E-state index >= 15 is 0 Å². The number of anilines is 1. The summed E-state index contributed by atoms with van der Waals surface area (Å²) in [5.74, 6) is -0.379. The monoisotopic (exact) mass is 220 g/mol. The molecule has 0 fully saturated rings. The van der Waals surface area contributed by atoms with Crippen LogP contribution in [0.25, 0.3) is 0 Å². The smallest absolute Gasteiger partial charge is 0.126 e. The first-order chi connectivity index (χ1) is 7.46. The highest BCUT2D eigenvalue weighted by atomic mass is 19.1. The predicted molar refractivity (Wildman–Crippen MR) is 63.7 cm³/mol. The van der Waals surface area contributed by atoms with Crippen LogP contribution in [0.5, 0.6) is 0 Å². The Hall–Kier alpha value is -1.56. The fraction of sp³-hybridized carbons (Fsp3) is 0.462. The molecule has 0 aliphatic rings. The Bertz CT molecular complexity index is 405. The Balaban J connectivity index is 2.75. The first-order valence-electron chi connectivity index (χ1n) is 5.41. The molecule has 0 unspecified atom stereocenters. The predicted octanol–water partition coefficient (Wildman–Crippen LogP) is 3.55. The Morgan fingerprint density at radius 1 is 1.38 bits per heavy atom. The second-order valence-electron chi connectivity index (χ2n) is 4.71. The summed E-state index contributed by atoms with van der Waals surface area (Å²) >= 11 is 0. The topological polar surface area (TPSA) is 35.8 Å². The molecule has 0 aliphatic heterocycles. The van der Waals surface area contributed by atoms with E-state index in [-0.39, 0.29) is 11.2 Å². The molecule has 0 radical (unpaired) electrons. The molecule has 0 aromatic heterocycles. The van der Waals surface area contributed by atoms with Gasteiger partial charge in [-0.25, -0.2) is 4.39 Å². The number of hydrogen-bond acceptors (Lipinski definition) is 2. The molecular formula is C13H17FN2. The summed E-state index contributed by atoms with van der Waals surface area (Å²) < 4.78 is 13.1. The fourth-order valence-electron chi connectivity index (χ4n) is 1.22. The number of nitriles is 1. The quantitative estimate of drug-likeness (QED) is 0.842. The zero-order chi connectivity index (χ0) is 12.2. The van der Waals surface area contributed by atoms with E-state index in [1.807, 2.05) is 6.07 Å². The van der Waals surface area contributed by atoms with Crippen molar-refractivity contribution in [2.24, 2.45) is 5.41 Å². The van der Waals surface area contributed by atoms with Gasteiger partial charge in [-0.2, -0.15) is 5.26 Å². The molecule has 0 atom stereocenters. The van der Waals surface area contributed by atoms with Crippen molar-refractivity contribution < 1.29 is 4.39 Å². The van der Waals surface area contributed by atoms with Crippen molar-refractivity contribution >= 4 is 5.69 Å². The number of rotatable bonds is 4. The lowest BCUT2D eigenvalue weighted by Gasteiger charge is -2.23. The highest BCUT2D eigenvalue weighted by molar-refractivity contribution is 5.49. The highest BCUT2D eigenvalue weighted by Gasteiger charge is 2.14. The van der Waals surface area contributed by atoms with Gasteiger partial charge in [0.05, 0.1) is 11.6 Å². The third-order valence-electron chi connectivity index (χ3n) is 2.76. The van der Waals surface area contributed by atoms with E-state index in [2.05, 4.69) is 26.1 Å². The van der Waals surface area contributed by atoms with Gasteiger partial charge in [0.25, 0.3) is 0 Å². The van der Waals surface area contributed by atoms with Gasteiger partial charge in [-0.3, -0.25) is 0 Å². The van der Waals surface area contributed by atoms with Gasteiger partial charge in [-0.1, -0.05) is 20.8 Å². The van der Waals surface area contributed by atoms with Gasteiger partial charge >= 0.3 is 0 Å². The molecule has 0 saturated heterocycles. The molecule has 1 aromatic carbocycles. The molecule has 86 valence electrons. The fourth-order valence-corrected chi connectivity index (χ4v) is 1.22. The molecule has 16 heavy (non-hydrogen) atoms. The molecule has 0 bridgehead atoms. The van der Waals surface area contributed by atoms with Crippen LogP contribution in [0.2, 0.25) is 0 Å². The molecular weight excluding hydrogens is 203 g/mol. The minimum absolute atomic E-state index is 0.166. The number of halogens is 1. The molecule has 0 saturated carbocycles. The van der Waals surface area contributed by atoms with Crippen molar-refractivity contribution in [2.75, 3.05) is 11.9 Å². The third kappa shape index (κ3) is 3.54. The van der Waals surface area contributed by atoms with E-state index < -0.39 is 0 Å². The lowest BCUT2D eigenvalue weighted by molar-refractivity contribution is 0.377. The maximum absolute atomic E-state index is 13.1. The largest absolute Gasteiger partial charge is 0.384 e. The third-order valence-corrected chi connectivity index (χ3v) is 2.76. The Labute approximate surface area is 96.1 Å². The van der Waals surface area contributed by atoms with Gasteiger partial charge in [0.1, 0.15) is 5.82 Å². The van der Waals surface area contributed by atoms with Crippen molar-refractivity contribution in [1.29, 1.82) is 5.26 Å². The van der Waals surface area contributed by atoms with Crippen LogP contribution in [0.1, 0.15) is 32.8 Å². The Morgan fingerprint density at radius 2 is 2.06 bits per heavy atom. The van der Waals surface area contributed by atoms with Crippen molar-refractivity contribution in [3.05, 3.63) is 29.6 Å². The van der Waals surface area contributed by atoms with Crippen LogP contribution in [0.3, 0.4) is 0 Å². The standard InChI is InChI=1S/C13H17FN2/c1-4-13(2,3)9-16-12-6-10(8-15)5-11(14)7-12/h5-7,16H,4,9H2,1-3H3. The van der Waals surface area contributed by atoms with Crippen molar-refractivity contribution in [1.82, 2.24) is 0 Å². The molecule has 3 heteroatoms. The van der Waals surface area contributed by atoms with Gasteiger partial charge in [0.2, 0.25) is 0 Å². The summed E-state index contributed by atoms with van der Waals surface area (Å²) in [4.78, 5) is 0. The molecule has 1 N–H and O–H groups in total. The molecule has 1 aromatic rings. The van der Waals surface area contributed by atoms with E-state index in [0.717, 1.165) is 13.0 Å². The van der Waals surface area contributed by atoms with E-state index in [0.29, 0.717) is 11.3 Å². The van der Waals surface area contributed by atoms with E-state index in [4.69, 9.17) is 5.26 Å². The Kier molecular flexibility index (Phi) is 3.89. The number of benzene rings is 1. The molecule has 0 aliphatic carbocycles. The van der Waals surface area contributed by atoms with Crippen molar-refractivity contribution in [3.8, 4) is 6.07 Å². The number of nitrogens with one attached hydrogen (secondary N) is 1. The van der Waals surface area contributed by atoms with Crippen molar-refractivity contribution in [2.45, 2.75) is 27.2 Å². The SMILES string of the molecule is CCC(C)(C)CNc1cc(F)cc(C#N)c1. The second kappa shape index (κ2) is 4.98. The van der Waals surface area contributed by atoms with E-state index in [1.54, 1.807) is 6.07 Å². The maximum atomic E-state index is 13.1. The number of nitrogens with zero attached hydrogens (tertiary/aromatic N) is 1. The van der Waals surface area contributed by atoms with Crippen LogP contribution < -0.4 is 5.32 Å². The van der Waals surface area contributed by atoms with E-state index in [1.165, 1.54) is 12.1 Å². The van der Waals surface area contributed by atoms with Crippen LogP contribution >= 0.6 is 0 Å². The molecule has 0 amide bonds. The summed E-state index contributed by atoms with van der Waals surface area (Å²) in [7, 11) is 0. The minimum atomic E-state index is -0.379. The number of hydrogen-bond donors (Lipinski definition) is 1. The van der Waals surface area contributed by atoms with Crippen LogP contribution in [0, 0.1) is 22.6 Å². The summed E-state index contributed by atoms with van der Waals surface area (Å²) in [6.45, 7) is 7.17.